The average Bonchev–Trinajstić information content (AvgIpc) is 2.72. The molecule has 28 heavy (non-hydrogen) atoms. The van der Waals surface area contributed by atoms with Crippen LogP contribution in [0.5, 0.6) is 23.0 Å². The smallest absolute Gasteiger partial charge is 0.309 e. The fourth-order valence-electron chi connectivity index (χ4n) is 3.07. The lowest BCUT2D eigenvalue weighted by Crippen LogP contribution is -2.29. The van der Waals surface area contributed by atoms with Crippen molar-refractivity contribution in [1.82, 2.24) is 0 Å². The second-order valence-electron chi connectivity index (χ2n) is 6.35. The van der Waals surface area contributed by atoms with E-state index in [1.54, 1.807) is 24.3 Å². The van der Waals surface area contributed by atoms with Crippen LogP contribution >= 0.6 is 0 Å². The minimum Gasteiger partial charge on any atom is -0.504 e. The normalized spacial score (nSPS) is 12.7. The quantitative estimate of drug-likeness (QED) is 0.503. The number of carbonyl (C=O) groups excluding carboxylic acids is 2. The topological polar surface area (TPSA) is 102 Å². The van der Waals surface area contributed by atoms with E-state index in [0.717, 1.165) is 17.4 Å². The highest BCUT2D eigenvalue weighted by molar-refractivity contribution is 5.77. The van der Waals surface area contributed by atoms with Crippen molar-refractivity contribution in [3.8, 4) is 23.0 Å². The van der Waals surface area contributed by atoms with Crippen molar-refractivity contribution < 1.29 is 34.0 Å². The average molecular weight is 388 g/mol. The van der Waals surface area contributed by atoms with E-state index in [4.69, 9.17) is 14.2 Å². The van der Waals surface area contributed by atoms with Crippen LogP contribution in [0.25, 0.3) is 0 Å². The number of esters is 1. The summed E-state index contributed by atoms with van der Waals surface area (Å²) < 4.78 is 15.1. The maximum Gasteiger partial charge on any atom is 0.309 e. The molecule has 0 heterocycles. The first-order valence-electron chi connectivity index (χ1n) is 8.68. The van der Waals surface area contributed by atoms with E-state index >= 15 is 0 Å². The molecule has 0 radical (unpaired) electrons. The van der Waals surface area contributed by atoms with E-state index < -0.39 is 17.8 Å². The molecule has 2 aromatic rings. The SMILES string of the molecule is COC(=O)[C@H](Cc1ccc(O)c(OC)c1)[C@H](C=O)Cc1ccc(O)c(OC)c1. The third kappa shape index (κ3) is 4.94. The van der Waals surface area contributed by atoms with E-state index in [2.05, 4.69) is 0 Å². The van der Waals surface area contributed by atoms with Gasteiger partial charge in [0.1, 0.15) is 6.29 Å². The Morgan fingerprint density at radius 3 is 1.86 bits per heavy atom. The summed E-state index contributed by atoms with van der Waals surface area (Å²) in [6, 6.07) is 9.54. The highest BCUT2D eigenvalue weighted by atomic mass is 16.5. The Bertz CT molecular complexity index is 831. The summed E-state index contributed by atoms with van der Waals surface area (Å²) in [5.41, 5.74) is 1.46. The molecular weight excluding hydrogens is 364 g/mol. The number of rotatable bonds is 9. The second kappa shape index (κ2) is 9.64. The molecular formula is C21H24O7. The van der Waals surface area contributed by atoms with E-state index in [1.807, 2.05) is 0 Å². The zero-order valence-electron chi connectivity index (χ0n) is 16.0. The molecule has 0 amide bonds. The maximum absolute atomic E-state index is 12.4. The summed E-state index contributed by atoms with van der Waals surface area (Å²) in [6.07, 6.45) is 1.25. The summed E-state index contributed by atoms with van der Waals surface area (Å²) in [5, 5.41) is 19.5. The lowest BCUT2D eigenvalue weighted by Gasteiger charge is -2.21. The first kappa shape index (κ1) is 21.1. The van der Waals surface area contributed by atoms with Crippen LogP contribution in [0.15, 0.2) is 36.4 Å². The summed E-state index contributed by atoms with van der Waals surface area (Å²) in [4.78, 5) is 24.2. The zero-order chi connectivity index (χ0) is 20.7. The van der Waals surface area contributed by atoms with Crippen LogP contribution in [0, 0.1) is 11.8 Å². The van der Waals surface area contributed by atoms with Gasteiger partial charge in [-0.05, 0) is 48.2 Å². The molecule has 0 bridgehead atoms. The molecule has 0 aliphatic rings. The van der Waals surface area contributed by atoms with Crippen LogP contribution in [0.1, 0.15) is 11.1 Å². The fraction of sp³-hybridized carbons (Fsp3) is 0.333. The van der Waals surface area contributed by atoms with E-state index in [0.29, 0.717) is 5.75 Å². The summed E-state index contributed by atoms with van der Waals surface area (Å²) in [6.45, 7) is 0. The third-order valence-electron chi connectivity index (χ3n) is 4.61. The van der Waals surface area contributed by atoms with Gasteiger partial charge in [0.25, 0.3) is 0 Å². The lowest BCUT2D eigenvalue weighted by atomic mass is 9.83. The van der Waals surface area contributed by atoms with Gasteiger partial charge in [-0.15, -0.1) is 0 Å². The van der Waals surface area contributed by atoms with Crippen LogP contribution in [0.3, 0.4) is 0 Å². The minimum absolute atomic E-state index is 0.00499. The molecule has 0 aliphatic carbocycles. The molecule has 0 aliphatic heterocycles. The highest BCUT2D eigenvalue weighted by Gasteiger charge is 2.30. The fourth-order valence-corrected chi connectivity index (χ4v) is 3.07. The Labute approximate surface area is 163 Å². The van der Waals surface area contributed by atoms with Crippen LogP contribution in [0.2, 0.25) is 0 Å². The van der Waals surface area contributed by atoms with Gasteiger partial charge in [0.15, 0.2) is 23.0 Å². The van der Waals surface area contributed by atoms with Crippen LogP contribution < -0.4 is 9.47 Å². The molecule has 0 aromatic heterocycles. The number of hydrogen-bond donors (Lipinski definition) is 2. The molecule has 0 unspecified atom stereocenters. The molecule has 2 N–H and O–H groups in total. The van der Waals surface area contributed by atoms with Crippen molar-refractivity contribution in [2.45, 2.75) is 12.8 Å². The maximum atomic E-state index is 12.4. The van der Waals surface area contributed by atoms with Gasteiger partial charge in [-0.25, -0.2) is 0 Å². The van der Waals surface area contributed by atoms with Gasteiger partial charge < -0.3 is 29.2 Å². The van der Waals surface area contributed by atoms with E-state index in [9.17, 15) is 19.8 Å². The van der Waals surface area contributed by atoms with Gasteiger partial charge in [-0.2, -0.15) is 0 Å². The standard InChI is InChI=1S/C21H24O7/c1-26-19-10-13(4-6-17(19)23)8-15(12-22)16(21(25)28-3)9-14-5-7-18(24)20(11-14)27-2/h4-7,10-12,15-16,23-24H,8-9H2,1-3H3/t15-,16+/m0/s1. The Balaban J connectivity index is 2.29. The summed E-state index contributed by atoms with van der Waals surface area (Å²) >= 11 is 0. The Kier molecular flexibility index (Phi) is 7.26. The van der Waals surface area contributed by atoms with E-state index in [1.165, 1.54) is 33.5 Å². The van der Waals surface area contributed by atoms with Gasteiger partial charge in [-0.1, -0.05) is 12.1 Å². The number of aldehydes is 1. The largest absolute Gasteiger partial charge is 0.504 e. The van der Waals surface area contributed by atoms with E-state index in [-0.39, 0.29) is 30.1 Å². The predicted octanol–water partition coefficient (Wildman–Crippen LogP) is 2.50. The second-order valence-corrected chi connectivity index (χ2v) is 6.35. The van der Waals surface area contributed by atoms with Crippen molar-refractivity contribution in [3.05, 3.63) is 47.5 Å². The first-order chi connectivity index (χ1) is 13.4. The molecule has 0 saturated heterocycles. The zero-order valence-corrected chi connectivity index (χ0v) is 16.0. The number of phenolic OH excluding ortho intramolecular Hbond substituents is 2. The minimum atomic E-state index is -0.725. The molecule has 7 heteroatoms. The molecule has 0 spiro atoms. The van der Waals surface area contributed by atoms with Crippen LogP contribution in [-0.4, -0.2) is 43.8 Å². The number of phenols is 2. The monoisotopic (exact) mass is 388 g/mol. The van der Waals surface area contributed by atoms with Gasteiger partial charge in [0, 0.05) is 5.92 Å². The van der Waals surface area contributed by atoms with Crippen molar-refractivity contribution in [2.24, 2.45) is 11.8 Å². The van der Waals surface area contributed by atoms with Gasteiger partial charge in [0.2, 0.25) is 0 Å². The third-order valence-corrected chi connectivity index (χ3v) is 4.61. The summed E-state index contributed by atoms with van der Waals surface area (Å²) in [7, 11) is 4.15. The predicted molar refractivity (Wildman–Crippen MR) is 102 cm³/mol. The Morgan fingerprint density at radius 2 is 1.43 bits per heavy atom. The number of methoxy groups -OCH3 is 3. The number of ether oxygens (including phenoxy) is 3. The highest BCUT2D eigenvalue weighted by Crippen LogP contribution is 2.31. The number of benzene rings is 2. The molecule has 0 fully saturated rings. The van der Waals surface area contributed by atoms with Crippen LogP contribution in [-0.2, 0) is 27.2 Å². The van der Waals surface area contributed by atoms with Crippen LogP contribution in [0.4, 0.5) is 0 Å². The van der Waals surface area contributed by atoms with Crippen molar-refractivity contribution in [3.63, 3.8) is 0 Å². The Morgan fingerprint density at radius 1 is 0.929 bits per heavy atom. The molecule has 2 rings (SSSR count). The molecule has 7 nitrogen and oxygen atoms in total. The summed E-state index contributed by atoms with van der Waals surface area (Å²) in [5.74, 6) is -1.32. The first-order valence-corrected chi connectivity index (χ1v) is 8.68. The molecule has 0 saturated carbocycles. The number of hydrogen-bond acceptors (Lipinski definition) is 7. The molecule has 2 atom stereocenters. The van der Waals surface area contributed by atoms with Gasteiger partial charge in [0.05, 0.1) is 27.2 Å². The van der Waals surface area contributed by atoms with Crippen molar-refractivity contribution in [1.29, 1.82) is 0 Å². The van der Waals surface area contributed by atoms with Gasteiger partial charge >= 0.3 is 5.97 Å². The number of aromatic hydroxyl groups is 2. The Hall–Kier alpha value is -3.22. The lowest BCUT2D eigenvalue weighted by molar-refractivity contribution is -0.148. The van der Waals surface area contributed by atoms with Crippen molar-refractivity contribution >= 4 is 12.3 Å². The number of carbonyl (C=O) groups is 2. The molecule has 2 aromatic carbocycles. The molecule has 150 valence electrons. The van der Waals surface area contributed by atoms with Gasteiger partial charge in [-0.3, -0.25) is 4.79 Å². The van der Waals surface area contributed by atoms with Crippen molar-refractivity contribution in [2.75, 3.05) is 21.3 Å².